The van der Waals surface area contributed by atoms with E-state index in [-0.39, 0.29) is 0 Å². The molecule has 0 aromatic heterocycles. The predicted molar refractivity (Wildman–Crippen MR) is 79.1 cm³/mol. The van der Waals surface area contributed by atoms with Crippen molar-refractivity contribution in [2.75, 3.05) is 12.0 Å². The van der Waals surface area contributed by atoms with Crippen molar-refractivity contribution >= 4 is 11.8 Å². The van der Waals surface area contributed by atoms with Gasteiger partial charge >= 0.3 is 0 Å². The molecule has 0 nitrogen and oxygen atoms in total. The van der Waals surface area contributed by atoms with E-state index in [1.165, 1.54) is 24.0 Å². The van der Waals surface area contributed by atoms with Gasteiger partial charge in [-0.15, -0.1) is 0 Å². The van der Waals surface area contributed by atoms with Crippen molar-refractivity contribution < 1.29 is 0 Å². The van der Waals surface area contributed by atoms with Crippen molar-refractivity contribution in [2.45, 2.75) is 47.0 Å². The third kappa shape index (κ3) is 7.16. The molecule has 2 unspecified atom stereocenters. The van der Waals surface area contributed by atoms with E-state index in [1.54, 1.807) is 0 Å². The minimum absolute atomic E-state index is 0.660. The van der Waals surface area contributed by atoms with Crippen LogP contribution < -0.4 is 0 Å². The normalized spacial score (nSPS) is 15.9. The summed E-state index contributed by atoms with van der Waals surface area (Å²) in [6.45, 7) is 13.3. The van der Waals surface area contributed by atoms with Gasteiger partial charge in [-0.05, 0) is 37.9 Å². The Hall–Kier alpha value is -0.170. The number of hydrogen-bond donors (Lipinski definition) is 0. The lowest BCUT2D eigenvalue weighted by Crippen LogP contribution is -2.04. The Bertz CT molecular complexity index is 228. The largest absolute Gasteiger partial charge is 0.161 e. The smallest absolute Gasteiger partial charge is 0.0137 e. The van der Waals surface area contributed by atoms with Gasteiger partial charge in [0.15, 0.2) is 0 Å². The van der Waals surface area contributed by atoms with Crippen LogP contribution in [0.2, 0.25) is 0 Å². The van der Waals surface area contributed by atoms with E-state index in [0.29, 0.717) is 5.92 Å². The number of rotatable bonds is 8. The van der Waals surface area contributed by atoms with Crippen LogP contribution in [-0.2, 0) is 0 Å². The zero-order valence-electron chi connectivity index (χ0n) is 11.7. The second kappa shape index (κ2) is 8.92. The van der Waals surface area contributed by atoms with E-state index in [1.807, 2.05) is 11.8 Å². The van der Waals surface area contributed by atoms with E-state index in [2.05, 4.69) is 46.6 Å². The highest BCUT2D eigenvalue weighted by Gasteiger charge is 2.09. The van der Waals surface area contributed by atoms with Gasteiger partial charge < -0.3 is 0 Å². The molecule has 1 heteroatoms. The standard InChI is InChI=1S/C15H28S/c1-7-12(2)10-15(5)14(4)9-8-13(3)11-16-6/h8,12,15H,4,7,9-11H2,1-3,5-6H3. The average molecular weight is 240 g/mol. The Labute approximate surface area is 107 Å². The summed E-state index contributed by atoms with van der Waals surface area (Å²) in [7, 11) is 0. The van der Waals surface area contributed by atoms with Crippen LogP contribution in [0.5, 0.6) is 0 Å². The Morgan fingerprint density at radius 1 is 1.38 bits per heavy atom. The predicted octanol–water partition coefficient (Wildman–Crippen LogP) is 5.31. The van der Waals surface area contributed by atoms with Gasteiger partial charge in [0.05, 0.1) is 0 Å². The Morgan fingerprint density at radius 2 is 2.00 bits per heavy atom. The summed E-state index contributed by atoms with van der Waals surface area (Å²) in [6.07, 6.45) is 8.11. The molecule has 0 radical (unpaired) electrons. The summed E-state index contributed by atoms with van der Waals surface area (Å²) in [5, 5.41) is 0. The zero-order chi connectivity index (χ0) is 12.6. The van der Waals surface area contributed by atoms with Gasteiger partial charge in [-0.3, -0.25) is 0 Å². The summed E-state index contributed by atoms with van der Waals surface area (Å²) in [5.74, 6) is 2.63. The van der Waals surface area contributed by atoms with Gasteiger partial charge in [0.2, 0.25) is 0 Å². The van der Waals surface area contributed by atoms with Gasteiger partial charge in [0, 0.05) is 5.75 Å². The zero-order valence-corrected chi connectivity index (χ0v) is 12.5. The highest BCUT2D eigenvalue weighted by Crippen LogP contribution is 2.23. The van der Waals surface area contributed by atoms with Crippen molar-refractivity contribution in [1.29, 1.82) is 0 Å². The molecule has 0 amide bonds. The van der Waals surface area contributed by atoms with Crippen molar-refractivity contribution in [3.8, 4) is 0 Å². The maximum absolute atomic E-state index is 4.22. The fourth-order valence-corrected chi connectivity index (χ4v) is 2.30. The topological polar surface area (TPSA) is 0 Å². The maximum atomic E-state index is 4.22. The molecule has 0 aliphatic heterocycles. The minimum Gasteiger partial charge on any atom is -0.161 e. The van der Waals surface area contributed by atoms with Crippen LogP contribution in [0.15, 0.2) is 23.8 Å². The van der Waals surface area contributed by atoms with E-state index in [4.69, 9.17) is 0 Å². The van der Waals surface area contributed by atoms with E-state index in [9.17, 15) is 0 Å². The van der Waals surface area contributed by atoms with Crippen molar-refractivity contribution in [3.05, 3.63) is 23.8 Å². The molecule has 0 spiro atoms. The highest BCUT2D eigenvalue weighted by molar-refractivity contribution is 7.98. The first kappa shape index (κ1) is 15.8. The lowest BCUT2D eigenvalue weighted by atomic mass is 9.89. The quantitative estimate of drug-likeness (QED) is 0.518. The molecule has 0 fully saturated rings. The SMILES string of the molecule is C=C(CC=C(C)CSC)C(C)CC(C)CC. The molecule has 0 aliphatic rings. The fraction of sp³-hybridized carbons (Fsp3) is 0.733. The third-order valence-electron chi connectivity index (χ3n) is 3.23. The minimum atomic E-state index is 0.660. The summed E-state index contributed by atoms with van der Waals surface area (Å²) < 4.78 is 0. The van der Waals surface area contributed by atoms with Crippen LogP contribution in [0, 0.1) is 11.8 Å². The van der Waals surface area contributed by atoms with Crippen LogP contribution in [-0.4, -0.2) is 12.0 Å². The molecule has 94 valence electrons. The molecule has 0 aromatic rings. The lowest BCUT2D eigenvalue weighted by molar-refractivity contribution is 0.439. The van der Waals surface area contributed by atoms with Gasteiger partial charge in [-0.2, -0.15) is 11.8 Å². The van der Waals surface area contributed by atoms with Crippen LogP contribution in [0.1, 0.15) is 47.0 Å². The molecular weight excluding hydrogens is 212 g/mol. The monoisotopic (exact) mass is 240 g/mol. The number of allylic oxidation sites excluding steroid dienone is 2. The first-order valence-corrected chi connectivity index (χ1v) is 7.72. The second-order valence-electron chi connectivity index (χ2n) is 5.00. The first-order valence-electron chi connectivity index (χ1n) is 6.33. The van der Waals surface area contributed by atoms with Crippen LogP contribution in [0.4, 0.5) is 0 Å². The van der Waals surface area contributed by atoms with Crippen molar-refractivity contribution in [2.24, 2.45) is 11.8 Å². The second-order valence-corrected chi connectivity index (χ2v) is 5.86. The van der Waals surface area contributed by atoms with Gasteiger partial charge in [0.25, 0.3) is 0 Å². The highest BCUT2D eigenvalue weighted by atomic mass is 32.2. The van der Waals surface area contributed by atoms with Crippen LogP contribution >= 0.6 is 11.8 Å². The van der Waals surface area contributed by atoms with Crippen LogP contribution in [0.3, 0.4) is 0 Å². The van der Waals surface area contributed by atoms with Crippen LogP contribution in [0.25, 0.3) is 0 Å². The molecule has 0 bridgehead atoms. The fourth-order valence-electron chi connectivity index (χ4n) is 1.73. The molecule has 0 aromatic carbocycles. The number of thioether (sulfide) groups is 1. The molecule has 0 N–H and O–H groups in total. The molecule has 0 heterocycles. The van der Waals surface area contributed by atoms with Crippen molar-refractivity contribution in [3.63, 3.8) is 0 Å². The molecule has 2 atom stereocenters. The number of hydrogen-bond acceptors (Lipinski definition) is 1. The van der Waals surface area contributed by atoms with Gasteiger partial charge in [-0.25, -0.2) is 0 Å². The molecule has 16 heavy (non-hydrogen) atoms. The molecular formula is C15H28S. The molecule has 0 saturated carbocycles. The third-order valence-corrected chi connectivity index (χ3v) is 3.98. The van der Waals surface area contributed by atoms with E-state index in [0.717, 1.165) is 18.1 Å². The maximum Gasteiger partial charge on any atom is 0.0137 e. The first-order chi connectivity index (χ1) is 7.51. The Morgan fingerprint density at radius 3 is 2.50 bits per heavy atom. The Kier molecular flexibility index (Phi) is 8.83. The molecule has 0 rings (SSSR count). The van der Waals surface area contributed by atoms with E-state index < -0.39 is 0 Å². The summed E-state index contributed by atoms with van der Waals surface area (Å²) in [4.78, 5) is 0. The van der Waals surface area contributed by atoms with Gasteiger partial charge in [0.1, 0.15) is 0 Å². The summed E-state index contributed by atoms with van der Waals surface area (Å²) >= 11 is 1.89. The summed E-state index contributed by atoms with van der Waals surface area (Å²) in [5.41, 5.74) is 2.87. The molecule has 0 aliphatic carbocycles. The van der Waals surface area contributed by atoms with E-state index >= 15 is 0 Å². The average Bonchev–Trinajstić information content (AvgIpc) is 2.25. The molecule has 0 saturated heterocycles. The van der Waals surface area contributed by atoms with Crippen molar-refractivity contribution in [1.82, 2.24) is 0 Å². The van der Waals surface area contributed by atoms with Gasteiger partial charge in [-0.1, -0.05) is 51.0 Å². The summed E-state index contributed by atoms with van der Waals surface area (Å²) in [6, 6.07) is 0. The Balaban J connectivity index is 4.01. The lowest BCUT2D eigenvalue weighted by Gasteiger charge is -2.17.